The van der Waals surface area contributed by atoms with Crippen LogP contribution in [0, 0.1) is 0 Å². The first-order valence-corrected chi connectivity index (χ1v) is 6.19. The molecule has 0 aliphatic rings. The van der Waals surface area contributed by atoms with Gasteiger partial charge in [0.1, 0.15) is 17.5 Å². The molecule has 20 heavy (non-hydrogen) atoms. The van der Waals surface area contributed by atoms with Crippen LogP contribution in [0.2, 0.25) is 0 Å². The molecule has 1 aromatic carbocycles. The first-order valence-electron chi connectivity index (χ1n) is 6.19. The SMILES string of the molecule is COc1ccccc1Cn1cnc2nn(C)cc2c1=O. The third kappa shape index (κ3) is 2.05. The van der Waals surface area contributed by atoms with Crippen molar-refractivity contribution in [2.24, 2.45) is 7.05 Å². The molecule has 102 valence electrons. The van der Waals surface area contributed by atoms with Crippen LogP contribution in [0.1, 0.15) is 5.56 Å². The predicted molar refractivity (Wildman–Crippen MR) is 74.9 cm³/mol. The third-order valence-corrected chi connectivity index (χ3v) is 3.15. The zero-order valence-electron chi connectivity index (χ0n) is 11.3. The van der Waals surface area contributed by atoms with Gasteiger partial charge in [-0.15, -0.1) is 0 Å². The summed E-state index contributed by atoms with van der Waals surface area (Å²) in [5, 5.41) is 4.64. The Morgan fingerprint density at radius 2 is 2.10 bits per heavy atom. The molecule has 0 amide bonds. The molecule has 0 saturated heterocycles. The van der Waals surface area contributed by atoms with E-state index < -0.39 is 0 Å². The van der Waals surface area contributed by atoms with Crippen molar-refractivity contribution >= 4 is 11.0 Å². The largest absolute Gasteiger partial charge is 0.496 e. The van der Waals surface area contributed by atoms with E-state index >= 15 is 0 Å². The second kappa shape index (κ2) is 4.80. The lowest BCUT2D eigenvalue weighted by atomic mass is 10.2. The van der Waals surface area contributed by atoms with E-state index in [1.165, 1.54) is 6.33 Å². The second-order valence-electron chi connectivity index (χ2n) is 4.53. The number of aryl methyl sites for hydroxylation is 1. The van der Waals surface area contributed by atoms with Gasteiger partial charge in [0.2, 0.25) is 0 Å². The van der Waals surface area contributed by atoms with Gasteiger partial charge in [0.25, 0.3) is 5.56 Å². The van der Waals surface area contributed by atoms with Crippen molar-refractivity contribution in [1.29, 1.82) is 0 Å². The number of nitrogens with zero attached hydrogens (tertiary/aromatic N) is 4. The van der Waals surface area contributed by atoms with Crippen molar-refractivity contribution in [2.45, 2.75) is 6.54 Å². The molecule has 0 bridgehead atoms. The van der Waals surface area contributed by atoms with Crippen LogP contribution in [-0.2, 0) is 13.6 Å². The summed E-state index contributed by atoms with van der Waals surface area (Å²) in [6.45, 7) is 0.417. The number of ether oxygens (including phenoxy) is 1. The van der Waals surface area contributed by atoms with E-state index in [0.717, 1.165) is 11.3 Å². The van der Waals surface area contributed by atoms with Gasteiger partial charge >= 0.3 is 0 Å². The molecule has 6 nitrogen and oxygen atoms in total. The Kier molecular flexibility index (Phi) is 2.98. The van der Waals surface area contributed by atoms with Gasteiger partial charge in [-0.2, -0.15) is 5.10 Å². The van der Waals surface area contributed by atoms with Crippen LogP contribution in [0.4, 0.5) is 0 Å². The summed E-state index contributed by atoms with van der Waals surface area (Å²) in [5.74, 6) is 0.755. The van der Waals surface area contributed by atoms with Crippen LogP contribution < -0.4 is 10.3 Å². The number of para-hydroxylation sites is 1. The highest BCUT2D eigenvalue weighted by Gasteiger charge is 2.09. The molecule has 0 radical (unpaired) electrons. The zero-order valence-corrected chi connectivity index (χ0v) is 11.3. The molecule has 0 spiro atoms. The summed E-state index contributed by atoms with van der Waals surface area (Å²) in [7, 11) is 3.38. The smallest absolute Gasteiger partial charge is 0.264 e. The maximum absolute atomic E-state index is 12.4. The Balaban J connectivity index is 2.07. The van der Waals surface area contributed by atoms with Gasteiger partial charge in [0.05, 0.1) is 13.7 Å². The molecule has 0 N–H and O–H groups in total. The number of hydrogen-bond donors (Lipinski definition) is 0. The lowest BCUT2D eigenvalue weighted by Gasteiger charge is -2.09. The number of fused-ring (bicyclic) bond motifs is 1. The topological polar surface area (TPSA) is 61.9 Å². The van der Waals surface area contributed by atoms with Crippen LogP contribution in [-0.4, -0.2) is 26.4 Å². The Morgan fingerprint density at radius 1 is 1.30 bits per heavy atom. The minimum absolute atomic E-state index is 0.103. The van der Waals surface area contributed by atoms with E-state index in [1.807, 2.05) is 24.3 Å². The van der Waals surface area contributed by atoms with Crippen molar-refractivity contribution in [3.8, 4) is 5.75 Å². The third-order valence-electron chi connectivity index (χ3n) is 3.15. The first-order chi connectivity index (χ1) is 9.69. The highest BCUT2D eigenvalue weighted by Crippen LogP contribution is 2.17. The van der Waals surface area contributed by atoms with Crippen LogP contribution in [0.3, 0.4) is 0 Å². The van der Waals surface area contributed by atoms with Gasteiger partial charge < -0.3 is 4.74 Å². The molecule has 0 fully saturated rings. The minimum Gasteiger partial charge on any atom is -0.496 e. The number of benzene rings is 1. The standard InChI is InChI=1S/C14H14N4O2/c1-17-8-11-13(16-17)15-9-18(14(11)19)7-10-5-3-4-6-12(10)20-2/h3-6,8-9H,7H2,1-2H3. The van der Waals surface area contributed by atoms with Gasteiger partial charge in [-0.1, -0.05) is 18.2 Å². The van der Waals surface area contributed by atoms with Crippen LogP contribution in [0.5, 0.6) is 5.75 Å². The van der Waals surface area contributed by atoms with Crippen molar-refractivity contribution in [3.63, 3.8) is 0 Å². The summed E-state index contributed by atoms with van der Waals surface area (Å²) in [4.78, 5) is 16.6. The van der Waals surface area contributed by atoms with Crippen molar-refractivity contribution < 1.29 is 4.74 Å². The average Bonchev–Trinajstić information content (AvgIpc) is 2.84. The van der Waals surface area contributed by atoms with Crippen LogP contribution in [0.15, 0.2) is 41.6 Å². The molecule has 3 rings (SSSR count). The molecule has 0 aliphatic heterocycles. The lowest BCUT2D eigenvalue weighted by molar-refractivity contribution is 0.408. The maximum Gasteiger partial charge on any atom is 0.264 e. The summed E-state index contributed by atoms with van der Waals surface area (Å²) in [6.07, 6.45) is 3.20. The van der Waals surface area contributed by atoms with Crippen molar-refractivity contribution in [2.75, 3.05) is 7.11 Å². The van der Waals surface area contributed by atoms with Gasteiger partial charge in [-0.25, -0.2) is 4.98 Å². The van der Waals surface area contributed by atoms with Crippen molar-refractivity contribution in [3.05, 3.63) is 52.7 Å². The molecule has 6 heteroatoms. The van der Waals surface area contributed by atoms with E-state index in [-0.39, 0.29) is 5.56 Å². The fraction of sp³-hybridized carbons (Fsp3) is 0.214. The van der Waals surface area contributed by atoms with E-state index in [2.05, 4.69) is 10.1 Å². The molecule has 0 aliphatic carbocycles. The Labute approximate surface area is 115 Å². The molecular formula is C14H14N4O2. The molecule has 3 aromatic rings. The van der Waals surface area contributed by atoms with Gasteiger partial charge in [-0.3, -0.25) is 14.0 Å². The van der Waals surface area contributed by atoms with Gasteiger partial charge in [0.15, 0.2) is 5.65 Å². The summed E-state index contributed by atoms with van der Waals surface area (Å²) >= 11 is 0. The van der Waals surface area contributed by atoms with Crippen LogP contribution in [0.25, 0.3) is 11.0 Å². The summed E-state index contributed by atoms with van der Waals surface area (Å²) < 4.78 is 8.44. The van der Waals surface area contributed by atoms with Crippen molar-refractivity contribution in [1.82, 2.24) is 19.3 Å². The molecule has 0 atom stereocenters. The normalized spacial score (nSPS) is 10.9. The quantitative estimate of drug-likeness (QED) is 0.717. The predicted octanol–water partition coefficient (Wildman–Crippen LogP) is 1.19. The monoisotopic (exact) mass is 270 g/mol. The fourth-order valence-electron chi connectivity index (χ4n) is 2.18. The fourth-order valence-corrected chi connectivity index (χ4v) is 2.18. The number of aromatic nitrogens is 4. The Bertz CT molecular complexity index is 819. The minimum atomic E-state index is -0.103. The number of hydrogen-bond acceptors (Lipinski definition) is 4. The Hall–Kier alpha value is -2.63. The van der Waals surface area contributed by atoms with Gasteiger partial charge in [0, 0.05) is 18.8 Å². The van der Waals surface area contributed by atoms with E-state index in [9.17, 15) is 4.79 Å². The zero-order chi connectivity index (χ0) is 14.1. The summed E-state index contributed by atoms with van der Waals surface area (Å²) in [6, 6.07) is 7.61. The molecule has 0 saturated carbocycles. The maximum atomic E-state index is 12.4. The van der Waals surface area contributed by atoms with E-state index in [0.29, 0.717) is 17.6 Å². The highest BCUT2D eigenvalue weighted by molar-refractivity contribution is 5.72. The number of rotatable bonds is 3. The van der Waals surface area contributed by atoms with E-state index in [4.69, 9.17) is 4.74 Å². The van der Waals surface area contributed by atoms with Gasteiger partial charge in [-0.05, 0) is 6.07 Å². The molecular weight excluding hydrogens is 256 g/mol. The van der Waals surface area contributed by atoms with E-state index in [1.54, 1.807) is 29.6 Å². The molecule has 2 aromatic heterocycles. The lowest BCUT2D eigenvalue weighted by Crippen LogP contribution is -2.20. The molecule has 2 heterocycles. The Morgan fingerprint density at radius 3 is 2.90 bits per heavy atom. The number of methoxy groups -OCH3 is 1. The summed E-state index contributed by atoms with van der Waals surface area (Å²) in [5.41, 5.74) is 1.30. The average molecular weight is 270 g/mol. The second-order valence-corrected chi connectivity index (χ2v) is 4.53. The van der Waals surface area contributed by atoms with Crippen LogP contribution >= 0.6 is 0 Å². The molecule has 0 unspecified atom stereocenters. The first kappa shape index (κ1) is 12.4. The highest BCUT2D eigenvalue weighted by atomic mass is 16.5.